The van der Waals surface area contributed by atoms with E-state index in [9.17, 15) is 4.79 Å². The van der Waals surface area contributed by atoms with E-state index < -0.39 is 0 Å². The van der Waals surface area contributed by atoms with Gasteiger partial charge in [-0.25, -0.2) is 5.01 Å². The average molecular weight is 338 g/mol. The van der Waals surface area contributed by atoms with Crippen LogP contribution in [0.3, 0.4) is 0 Å². The molecular weight excluding hydrogens is 316 g/mol. The van der Waals surface area contributed by atoms with Crippen molar-refractivity contribution in [2.45, 2.75) is 33.4 Å². The van der Waals surface area contributed by atoms with Gasteiger partial charge in [0.1, 0.15) is 0 Å². The lowest BCUT2D eigenvalue weighted by Crippen LogP contribution is -2.41. The smallest absolute Gasteiger partial charge is 0.250 e. The number of hydrazine groups is 1. The van der Waals surface area contributed by atoms with Gasteiger partial charge in [-0.2, -0.15) is 5.43 Å². The van der Waals surface area contributed by atoms with Crippen LogP contribution in [-0.2, 0) is 11.2 Å². The molecule has 130 valence electrons. The van der Waals surface area contributed by atoms with Crippen molar-refractivity contribution in [1.29, 1.82) is 0 Å². The van der Waals surface area contributed by atoms with Crippen molar-refractivity contribution in [3.63, 3.8) is 0 Å². The molecule has 25 heavy (non-hydrogen) atoms. The number of para-hydroxylation sites is 1. The lowest BCUT2D eigenvalue weighted by Gasteiger charge is -2.27. The molecule has 2 atom stereocenters. The van der Waals surface area contributed by atoms with E-state index in [2.05, 4.69) is 12.3 Å². The zero-order valence-corrected chi connectivity index (χ0v) is 14.7. The van der Waals surface area contributed by atoms with Crippen LogP contribution in [0.1, 0.15) is 23.6 Å². The summed E-state index contributed by atoms with van der Waals surface area (Å²) in [5, 5.41) is 1.62. The molecule has 1 fully saturated rings. The highest BCUT2D eigenvalue weighted by Gasteiger charge is 2.46. The maximum Gasteiger partial charge on any atom is 0.250 e. The number of carbonyl (C=O) groups is 1. The quantitative estimate of drug-likeness (QED) is 0.934. The second-order valence-corrected chi connectivity index (χ2v) is 6.60. The van der Waals surface area contributed by atoms with E-state index in [1.807, 2.05) is 50.2 Å². The molecule has 2 aliphatic rings. The zero-order valence-electron chi connectivity index (χ0n) is 14.7. The SMILES string of the molecule is CCOc1cccc2c1OC1NN(c3ccc(C)c(C)c3)C(=O)C1C2. The third-order valence-electron chi connectivity index (χ3n) is 4.95. The predicted octanol–water partition coefficient (Wildman–Crippen LogP) is 3.13. The number of hydrogen-bond donors (Lipinski definition) is 1. The summed E-state index contributed by atoms with van der Waals surface area (Å²) in [6.07, 6.45) is 0.275. The average Bonchev–Trinajstić information content (AvgIpc) is 2.93. The predicted molar refractivity (Wildman–Crippen MR) is 95.8 cm³/mol. The number of amides is 1. The molecule has 0 radical (unpaired) electrons. The Kier molecular flexibility index (Phi) is 3.88. The Morgan fingerprint density at radius 3 is 2.84 bits per heavy atom. The van der Waals surface area contributed by atoms with Gasteiger partial charge in [0.15, 0.2) is 17.7 Å². The Bertz CT molecular complexity index is 834. The van der Waals surface area contributed by atoms with Gasteiger partial charge in [-0.15, -0.1) is 0 Å². The summed E-state index contributed by atoms with van der Waals surface area (Å²) in [6, 6.07) is 11.9. The number of carbonyl (C=O) groups excluding carboxylic acids is 1. The molecule has 2 heterocycles. The number of hydrogen-bond acceptors (Lipinski definition) is 4. The van der Waals surface area contributed by atoms with Crippen LogP contribution >= 0.6 is 0 Å². The van der Waals surface area contributed by atoms with Crippen molar-refractivity contribution < 1.29 is 14.3 Å². The van der Waals surface area contributed by atoms with E-state index in [1.165, 1.54) is 5.56 Å². The highest BCUT2D eigenvalue weighted by molar-refractivity contribution is 5.97. The summed E-state index contributed by atoms with van der Waals surface area (Å²) in [5.74, 6) is 1.29. The fourth-order valence-electron chi connectivity index (χ4n) is 3.43. The lowest BCUT2D eigenvalue weighted by molar-refractivity contribution is -0.121. The molecule has 0 aromatic heterocycles. The Morgan fingerprint density at radius 1 is 1.24 bits per heavy atom. The molecule has 0 spiro atoms. The van der Waals surface area contributed by atoms with E-state index in [-0.39, 0.29) is 18.1 Å². The summed E-state index contributed by atoms with van der Waals surface area (Å²) >= 11 is 0. The first-order valence-electron chi connectivity index (χ1n) is 8.67. The van der Waals surface area contributed by atoms with Crippen LogP contribution in [0, 0.1) is 19.8 Å². The number of nitrogens with one attached hydrogen (secondary N) is 1. The fourth-order valence-corrected chi connectivity index (χ4v) is 3.43. The first-order valence-corrected chi connectivity index (χ1v) is 8.67. The second-order valence-electron chi connectivity index (χ2n) is 6.60. The van der Waals surface area contributed by atoms with Gasteiger partial charge in [0.2, 0.25) is 5.91 Å². The van der Waals surface area contributed by atoms with Gasteiger partial charge in [0, 0.05) is 0 Å². The second kappa shape index (κ2) is 6.08. The van der Waals surface area contributed by atoms with E-state index in [0.717, 1.165) is 28.3 Å². The molecule has 2 aromatic rings. The summed E-state index contributed by atoms with van der Waals surface area (Å²) in [5.41, 5.74) is 7.45. The van der Waals surface area contributed by atoms with E-state index in [1.54, 1.807) is 5.01 Å². The molecule has 4 rings (SSSR count). The molecule has 2 aliphatic heterocycles. The van der Waals surface area contributed by atoms with Crippen molar-refractivity contribution >= 4 is 11.6 Å². The number of aryl methyl sites for hydroxylation is 2. The Hall–Kier alpha value is -2.53. The van der Waals surface area contributed by atoms with Gasteiger partial charge in [-0.3, -0.25) is 4.79 Å². The standard InChI is InChI=1S/C20H22N2O3/c1-4-24-17-7-5-6-14-11-16-19(25-18(14)17)21-22(20(16)23)15-9-8-12(2)13(3)10-15/h5-10,16,19,21H,4,11H2,1-3H3. The van der Waals surface area contributed by atoms with Crippen molar-refractivity contribution in [2.75, 3.05) is 11.6 Å². The first kappa shape index (κ1) is 16.0. The fraction of sp³-hybridized carbons (Fsp3) is 0.350. The number of benzene rings is 2. The van der Waals surface area contributed by atoms with Crippen LogP contribution in [0.25, 0.3) is 0 Å². The van der Waals surface area contributed by atoms with Gasteiger partial charge < -0.3 is 9.47 Å². The molecule has 1 amide bonds. The van der Waals surface area contributed by atoms with Gasteiger partial charge in [-0.1, -0.05) is 18.2 Å². The number of fused-ring (bicyclic) bond motifs is 2. The number of anilines is 1. The first-order chi connectivity index (χ1) is 12.1. The number of rotatable bonds is 3. The van der Waals surface area contributed by atoms with Crippen LogP contribution in [0.2, 0.25) is 0 Å². The maximum atomic E-state index is 12.9. The van der Waals surface area contributed by atoms with Crippen LogP contribution in [0.5, 0.6) is 11.5 Å². The molecule has 5 nitrogen and oxygen atoms in total. The van der Waals surface area contributed by atoms with Crippen LogP contribution in [0.4, 0.5) is 5.69 Å². The zero-order chi connectivity index (χ0) is 17.6. The maximum absolute atomic E-state index is 12.9. The highest BCUT2D eigenvalue weighted by atomic mass is 16.5. The molecule has 1 saturated heterocycles. The van der Waals surface area contributed by atoms with Crippen LogP contribution in [-0.4, -0.2) is 18.7 Å². The summed E-state index contributed by atoms with van der Waals surface area (Å²) in [4.78, 5) is 12.9. The van der Waals surface area contributed by atoms with Crippen molar-refractivity contribution in [1.82, 2.24) is 5.43 Å². The largest absolute Gasteiger partial charge is 0.490 e. The summed E-state index contributed by atoms with van der Waals surface area (Å²) < 4.78 is 11.8. The topological polar surface area (TPSA) is 50.8 Å². The number of ether oxygens (including phenoxy) is 2. The molecule has 0 saturated carbocycles. The normalized spacial score (nSPS) is 21.6. The molecule has 5 heteroatoms. The van der Waals surface area contributed by atoms with Gasteiger partial charge >= 0.3 is 0 Å². The molecule has 2 unspecified atom stereocenters. The van der Waals surface area contributed by atoms with E-state index >= 15 is 0 Å². The third-order valence-corrected chi connectivity index (χ3v) is 4.95. The lowest BCUT2D eigenvalue weighted by atomic mass is 9.94. The van der Waals surface area contributed by atoms with Crippen LogP contribution in [0.15, 0.2) is 36.4 Å². The van der Waals surface area contributed by atoms with Gasteiger partial charge in [0.05, 0.1) is 18.2 Å². The minimum atomic E-state index is -0.372. The highest BCUT2D eigenvalue weighted by Crippen LogP contribution is 2.40. The third kappa shape index (κ3) is 2.65. The Labute approximate surface area is 147 Å². The van der Waals surface area contributed by atoms with Gasteiger partial charge in [0.25, 0.3) is 0 Å². The molecule has 0 aliphatic carbocycles. The number of nitrogens with zero attached hydrogens (tertiary/aromatic N) is 1. The molecule has 0 bridgehead atoms. The summed E-state index contributed by atoms with van der Waals surface area (Å²) in [7, 11) is 0. The minimum Gasteiger partial charge on any atom is -0.490 e. The summed E-state index contributed by atoms with van der Waals surface area (Å²) in [6.45, 7) is 6.64. The van der Waals surface area contributed by atoms with Crippen molar-refractivity contribution in [2.24, 2.45) is 5.92 Å². The molecular formula is C20H22N2O3. The minimum absolute atomic E-state index is 0.0423. The van der Waals surface area contributed by atoms with E-state index in [0.29, 0.717) is 13.0 Å². The molecule has 1 N–H and O–H groups in total. The monoisotopic (exact) mass is 338 g/mol. The Morgan fingerprint density at radius 2 is 2.08 bits per heavy atom. The van der Waals surface area contributed by atoms with Crippen LogP contribution < -0.4 is 19.9 Å². The van der Waals surface area contributed by atoms with Crippen molar-refractivity contribution in [3.8, 4) is 11.5 Å². The van der Waals surface area contributed by atoms with Crippen molar-refractivity contribution in [3.05, 3.63) is 53.1 Å². The van der Waals surface area contributed by atoms with E-state index in [4.69, 9.17) is 9.47 Å². The Balaban J connectivity index is 1.63. The molecule has 2 aromatic carbocycles. The van der Waals surface area contributed by atoms with Gasteiger partial charge in [-0.05, 0) is 62.1 Å².